The van der Waals surface area contributed by atoms with Gasteiger partial charge in [0.15, 0.2) is 0 Å². The van der Waals surface area contributed by atoms with Crippen molar-refractivity contribution in [3.8, 4) is 0 Å². The average molecular weight is 429 g/mol. The number of aryl methyl sites for hydroxylation is 2. The van der Waals surface area contributed by atoms with Crippen molar-refractivity contribution < 1.29 is 0 Å². The van der Waals surface area contributed by atoms with Crippen LogP contribution in [0.1, 0.15) is 50.8 Å². The van der Waals surface area contributed by atoms with E-state index in [4.69, 9.17) is 0 Å². The molecular weight excluding hydrogens is 392 g/mol. The molecule has 0 saturated heterocycles. The predicted molar refractivity (Wildman–Crippen MR) is 137 cm³/mol. The Hall–Kier alpha value is -3.14. The van der Waals surface area contributed by atoms with Crippen molar-refractivity contribution in [1.82, 2.24) is 15.3 Å². The zero-order chi connectivity index (χ0) is 23.3. The summed E-state index contributed by atoms with van der Waals surface area (Å²) in [6, 6.07) is 13.1. The monoisotopic (exact) mass is 428 g/mol. The lowest BCUT2D eigenvalue weighted by Gasteiger charge is -2.27. The fourth-order valence-electron chi connectivity index (χ4n) is 3.97. The van der Waals surface area contributed by atoms with Crippen LogP contribution in [0.4, 0.5) is 11.5 Å². The largest absolute Gasteiger partial charge is 0.382 e. The summed E-state index contributed by atoms with van der Waals surface area (Å²) in [6.45, 7) is 19.4. The van der Waals surface area contributed by atoms with Crippen LogP contribution in [0, 0.1) is 12.8 Å². The van der Waals surface area contributed by atoms with E-state index in [0.717, 1.165) is 47.4 Å². The lowest BCUT2D eigenvalue weighted by molar-refractivity contribution is 0.471. The molecule has 4 nitrogen and oxygen atoms in total. The Kier molecular flexibility index (Phi) is 7.68. The van der Waals surface area contributed by atoms with Gasteiger partial charge in [-0.15, -0.1) is 0 Å². The summed E-state index contributed by atoms with van der Waals surface area (Å²) in [5, 5.41) is 8.21. The molecule has 0 bridgehead atoms. The summed E-state index contributed by atoms with van der Waals surface area (Å²) < 4.78 is 0. The van der Waals surface area contributed by atoms with E-state index >= 15 is 0 Å². The maximum absolute atomic E-state index is 4.54. The van der Waals surface area contributed by atoms with Gasteiger partial charge in [-0.3, -0.25) is 0 Å². The minimum atomic E-state index is 0.230. The molecule has 0 unspecified atom stereocenters. The molecular formula is C28H36N4. The lowest BCUT2D eigenvalue weighted by atomic mass is 9.94. The molecule has 0 fully saturated rings. The Labute approximate surface area is 192 Å². The number of hydrogen-bond donors (Lipinski definition) is 2. The first-order chi connectivity index (χ1) is 15.3. The van der Waals surface area contributed by atoms with Crippen LogP contribution in [0.15, 0.2) is 67.2 Å². The molecule has 3 aromatic rings. The molecule has 0 aliphatic carbocycles. The van der Waals surface area contributed by atoms with Crippen LogP contribution in [0.25, 0.3) is 10.9 Å². The van der Waals surface area contributed by atoms with E-state index in [1.54, 1.807) is 6.33 Å². The third kappa shape index (κ3) is 5.56. The number of nitrogens with one attached hydrogen (secondary N) is 2. The van der Waals surface area contributed by atoms with Crippen molar-refractivity contribution in [1.29, 1.82) is 0 Å². The van der Waals surface area contributed by atoms with Gasteiger partial charge in [0.05, 0.1) is 5.52 Å². The van der Waals surface area contributed by atoms with E-state index < -0.39 is 0 Å². The minimum absolute atomic E-state index is 0.230. The van der Waals surface area contributed by atoms with E-state index in [0.29, 0.717) is 5.92 Å². The molecule has 2 aromatic carbocycles. The van der Waals surface area contributed by atoms with E-state index in [1.165, 1.54) is 22.3 Å². The molecule has 1 atom stereocenters. The molecule has 3 rings (SSSR count). The van der Waals surface area contributed by atoms with E-state index in [-0.39, 0.29) is 6.04 Å². The normalized spacial score (nSPS) is 12.1. The number of aromatic nitrogens is 2. The summed E-state index contributed by atoms with van der Waals surface area (Å²) in [4.78, 5) is 9.01. The zero-order valence-corrected chi connectivity index (χ0v) is 20.1. The van der Waals surface area contributed by atoms with Gasteiger partial charge in [0.1, 0.15) is 12.1 Å². The summed E-state index contributed by atoms with van der Waals surface area (Å²) in [6.07, 6.45) is 4.30. The Balaban J connectivity index is 1.87. The second-order valence-corrected chi connectivity index (χ2v) is 8.87. The van der Waals surface area contributed by atoms with Gasteiger partial charge in [-0.2, -0.15) is 0 Å². The summed E-state index contributed by atoms with van der Waals surface area (Å²) >= 11 is 0. The number of anilines is 2. The zero-order valence-electron chi connectivity index (χ0n) is 20.1. The summed E-state index contributed by atoms with van der Waals surface area (Å²) in [5.41, 5.74) is 7.85. The Morgan fingerprint density at radius 2 is 1.81 bits per heavy atom. The highest BCUT2D eigenvalue weighted by Crippen LogP contribution is 2.28. The molecule has 0 radical (unpaired) electrons. The van der Waals surface area contributed by atoms with Crippen LogP contribution in [-0.4, -0.2) is 16.0 Å². The first kappa shape index (κ1) is 23.5. The highest BCUT2D eigenvalue weighted by atomic mass is 15.0. The highest BCUT2D eigenvalue weighted by molar-refractivity contribution is 5.91. The van der Waals surface area contributed by atoms with Crippen molar-refractivity contribution >= 4 is 22.4 Å². The van der Waals surface area contributed by atoms with Crippen molar-refractivity contribution in [2.24, 2.45) is 5.92 Å². The summed E-state index contributed by atoms with van der Waals surface area (Å²) in [5.74, 6) is 1.28. The Bertz CT molecular complexity index is 1110. The first-order valence-electron chi connectivity index (χ1n) is 11.5. The number of fused-ring (bicyclic) bond motifs is 1. The fourth-order valence-corrected chi connectivity index (χ4v) is 3.97. The van der Waals surface area contributed by atoms with Gasteiger partial charge in [0.2, 0.25) is 0 Å². The SMILES string of the molecule is C=C(Cc1ccc(C)cc1Nc1ncnc2cc(CC)ccc12)N[C@@H](C(=C)CC)C(C)C. The van der Waals surface area contributed by atoms with Crippen LogP contribution in [0.2, 0.25) is 0 Å². The molecule has 32 heavy (non-hydrogen) atoms. The highest BCUT2D eigenvalue weighted by Gasteiger charge is 2.17. The van der Waals surface area contributed by atoms with Crippen LogP contribution < -0.4 is 10.6 Å². The van der Waals surface area contributed by atoms with Crippen molar-refractivity contribution in [3.05, 3.63) is 83.8 Å². The van der Waals surface area contributed by atoms with E-state index in [1.807, 2.05) is 0 Å². The number of benzene rings is 2. The molecule has 1 aromatic heterocycles. The van der Waals surface area contributed by atoms with Gasteiger partial charge >= 0.3 is 0 Å². The molecule has 4 heteroatoms. The van der Waals surface area contributed by atoms with Gasteiger partial charge in [-0.1, -0.05) is 64.6 Å². The smallest absolute Gasteiger partial charge is 0.141 e. The van der Waals surface area contributed by atoms with Crippen molar-refractivity contribution in [2.75, 3.05) is 5.32 Å². The first-order valence-corrected chi connectivity index (χ1v) is 11.5. The maximum Gasteiger partial charge on any atom is 0.141 e. The van der Waals surface area contributed by atoms with E-state index in [2.05, 4.69) is 105 Å². The van der Waals surface area contributed by atoms with Crippen LogP contribution in [0.5, 0.6) is 0 Å². The van der Waals surface area contributed by atoms with Crippen molar-refractivity contribution in [3.63, 3.8) is 0 Å². The Morgan fingerprint density at radius 1 is 1.03 bits per heavy atom. The Morgan fingerprint density at radius 3 is 2.50 bits per heavy atom. The number of allylic oxidation sites excluding steroid dienone is 1. The maximum atomic E-state index is 4.54. The number of rotatable bonds is 10. The molecule has 1 heterocycles. The van der Waals surface area contributed by atoms with Gasteiger partial charge in [0.25, 0.3) is 0 Å². The third-order valence-electron chi connectivity index (χ3n) is 5.95. The molecule has 0 aliphatic rings. The van der Waals surface area contributed by atoms with Gasteiger partial charge in [0, 0.05) is 29.2 Å². The predicted octanol–water partition coefficient (Wildman–Crippen LogP) is 6.88. The molecule has 0 amide bonds. The average Bonchev–Trinajstić information content (AvgIpc) is 2.78. The quantitative estimate of drug-likeness (QED) is 0.346. The molecule has 0 aliphatic heterocycles. The minimum Gasteiger partial charge on any atom is -0.382 e. The summed E-state index contributed by atoms with van der Waals surface area (Å²) in [7, 11) is 0. The van der Waals surface area contributed by atoms with Crippen molar-refractivity contribution in [2.45, 2.75) is 59.9 Å². The van der Waals surface area contributed by atoms with Gasteiger partial charge in [-0.25, -0.2) is 9.97 Å². The van der Waals surface area contributed by atoms with E-state index in [9.17, 15) is 0 Å². The van der Waals surface area contributed by atoms with Crippen LogP contribution in [-0.2, 0) is 12.8 Å². The molecule has 2 N–H and O–H groups in total. The van der Waals surface area contributed by atoms with Gasteiger partial charge in [-0.05, 0) is 60.6 Å². The van der Waals surface area contributed by atoms with Crippen LogP contribution in [0.3, 0.4) is 0 Å². The second-order valence-electron chi connectivity index (χ2n) is 8.87. The second kappa shape index (κ2) is 10.4. The standard InChI is InChI=1S/C28H36N4/c1-8-20(6)27(18(3)4)31-21(7)15-23-12-10-19(5)14-25(23)32-28-24-13-11-22(9-2)16-26(24)29-17-30-28/h10-14,16-18,27,31H,6-9,15H2,1-5H3,(H,29,30,32)/t27-/m1/s1. The fraction of sp³-hybridized carbons (Fsp3) is 0.357. The number of nitrogens with zero attached hydrogens (tertiary/aromatic N) is 2. The number of hydrogen-bond acceptors (Lipinski definition) is 4. The topological polar surface area (TPSA) is 49.8 Å². The lowest BCUT2D eigenvalue weighted by Crippen LogP contribution is -2.35. The molecule has 0 spiro atoms. The molecule has 168 valence electrons. The van der Waals surface area contributed by atoms with Gasteiger partial charge < -0.3 is 10.6 Å². The third-order valence-corrected chi connectivity index (χ3v) is 5.95. The molecule has 0 saturated carbocycles. The van der Waals surface area contributed by atoms with Crippen LogP contribution >= 0.6 is 0 Å².